The molecule has 35 heavy (non-hydrogen) atoms. The number of nitrogens with one attached hydrogen (secondary N) is 1. The van der Waals surface area contributed by atoms with Crippen LogP contribution in [0.15, 0.2) is 51.9 Å². The highest BCUT2D eigenvalue weighted by atomic mass is 16.5. The molecule has 1 aliphatic heterocycles. The number of aromatic amines is 1. The number of aromatic nitrogens is 5. The number of nitrogens with zero attached hydrogens (tertiary/aromatic N) is 5. The molecule has 4 heterocycles. The largest absolute Gasteiger partial charge is 0.497 e. The molecule has 10 nitrogen and oxygen atoms in total. The van der Waals surface area contributed by atoms with Crippen LogP contribution < -0.4 is 10.3 Å². The molecule has 0 aliphatic carbocycles. The first-order valence-electron chi connectivity index (χ1n) is 12.0. The number of pyridine rings is 1. The van der Waals surface area contributed by atoms with Crippen LogP contribution >= 0.6 is 0 Å². The number of tetrazole rings is 1. The van der Waals surface area contributed by atoms with Crippen molar-refractivity contribution in [1.29, 1.82) is 0 Å². The van der Waals surface area contributed by atoms with Crippen molar-refractivity contribution >= 4 is 10.9 Å². The molecule has 10 heteroatoms. The number of fused-ring (bicyclic) bond motifs is 1. The summed E-state index contributed by atoms with van der Waals surface area (Å²) in [6.07, 6.45) is 4.56. The maximum atomic E-state index is 13.0. The van der Waals surface area contributed by atoms with E-state index in [2.05, 4.69) is 32.3 Å². The SMILES string of the molecule is CC[C@H](c1nnnn1Cc1ccco1)N(Cc1cc2cc(OC)ccc2[nH]c1=O)C[C@@H]1CCCO1. The van der Waals surface area contributed by atoms with Crippen LogP contribution in [-0.2, 0) is 17.8 Å². The van der Waals surface area contributed by atoms with Gasteiger partial charge in [0.1, 0.15) is 18.1 Å². The third-order valence-electron chi connectivity index (χ3n) is 6.53. The number of ether oxygens (including phenoxy) is 2. The van der Waals surface area contributed by atoms with Crippen LogP contribution in [0.25, 0.3) is 10.9 Å². The molecule has 0 radical (unpaired) electrons. The smallest absolute Gasteiger partial charge is 0.252 e. The fourth-order valence-corrected chi connectivity index (χ4v) is 4.76. The van der Waals surface area contributed by atoms with Gasteiger partial charge in [0.15, 0.2) is 5.82 Å². The Balaban J connectivity index is 1.48. The maximum Gasteiger partial charge on any atom is 0.252 e. The monoisotopic (exact) mass is 478 g/mol. The van der Waals surface area contributed by atoms with Gasteiger partial charge < -0.3 is 18.9 Å². The molecular weight excluding hydrogens is 448 g/mol. The average Bonchev–Trinajstić information content (AvgIpc) is 3.65. The predicted octanol–water partition coefficient (Wildman–Crippen LogP) is 3.30. The Hall–Kier alpha value is -3.50. The molecule has 0 bridgehead atoms. The minimum absolute atomic E-state index is 0.106. The number of hydrogen-bond acceptors (Lipinski definition) is 8. The molecule has 1 aliphatic rings. The van der Waals surface area contributed by atoms with Gasteiger partial charge in [-0.1, -0.05) is 6.92 Å². The molecule has 184 valence electrons. The van der Waals surface area contributed by atoms with Crippen LogP contribution in [-0.4, -0.2) is 56.5 Å². The summed E-state index contributed by atoms with van der Waals surface area (Å²) in [7, 11) is 1.63. The molecule has 0 amide bonds. The van der Waals surface area contributed by atoms with Gasteiger partial charge in [-0.25, -0.2) is 4.68 Å². The van der Waals surface area contributed by atoms with Crippen LogP contribution in [0.2, 0.25) is 0 Å². The standard InChI is InChI=1S/C25H30N6O4/c1-3-23(24-27-28-29-31(24)16-21-7-5-11-35-21)30(15-20-6-4-10-34-20)14-18-12-17-13-19(33-2)8-9-22(17)26-25(18)32/h5,7-9,11-13,20,23H,3-4,6,10,14-16H2,1-2H3,(H,26,32)/t20-,23+/m0/s1. The highest BCUT2D eigenvalue weighted by Crippen LogP contribution is 2.27. The third kappa shape index (κ3) is 5.13. The van der Waals surface area contributed by atoms with E-state index in [0.717, 1.165) is 54.1 Å². The Morgan fingerprint density at radius 2 is 2.23 bits per heavy atom. The zero-order chi connectivity index (χ0) is 24.2. The maximum absolute atomic E-state index is 13.0. The van der Waals surface area contributed by atoms with Gasteiger partial charge in [-0.3, -0.25) is 9.69 Å². The van der Waals surface area contributed by atoms with Crippen molar-refractivity contribution in [2.24, 2.45) is 0 Å². The second kappa shape index (κ2) is 10.4. The summed E-state index contributed by atoms with van der Waals surface area (Å²) in [5, 5.41) is 13.5. The van der Waals surface area contributed by atoms with Gasteiger partial charge in [0.2, 0.25) is 0 Å². The second-order valence-electron chi connectivity index (χ2n) is 8.84. The summed E-state index contributed by atoms with van der Waals surface area (Å²) < 4.78 is 18.6. The number of methoxy groups -OCH3 is 1. The fraction of sp³-hybridized carbons (Fsp3) is 0.440. The van der Waals surface area contributed by atoms with Crippen LogP contribution in [0, 0.1) is 0 Å². The summed E-state index contributed by atoms with van der Waals surface area (Å²) in [6, 6.07) is 11.2. The molecule has 1 aromatic carbocycles. The van der Waals surface area contributed by atoms with Gasteiger partial charge in [0.25, 0.3) is 5.56 Å². The number of benzene rings is 1. The molecule has 0 spiro atoms. The van der Waals surface area contributed by atoms with Crippen molar-refractivity contribution in [3.8, 4) is 5.75 Å². The highest BCUT2D eigenvalue weighted by Gasteiger charge is 2.29. The van der Waals surface area contributed by atoms with E-state index in [1.807, 2.05) is 36.4 Å². The Kier molecular flexibility index (Phi) is 6.91. The molecule has 0 unspecified atom stereocenters. The van der Waals surface area contributed by atoms with Crippen LogP contribution in [0.4, 0.5) is 0 Å². The van der Waals surface area contributed by atoms with Crippen molar-refractivity contribution < 1.29 is 13.9 Å². The lowest BCUT2D eigenvalue weighted by Gasteiger charge is -2.32. The first kappa shape index (κ1) is 23.3. The minimum atomic E-state index is -0.107. The molecular formula is C25H30N6O4. The summed E-state index contributed by atoms with van der Waals surface area (Å²) in [5.74, 6) is 2.26. The minimum Gasteiger partial charge on any atom is -0.497 e. The quantitative estimate of drug-likeness (QED) is 0.370. The third-order valence-corrected chi connectivity index (χ3v) is 6.53. The van der Waals surface area contributed by atoms with E-state index in [0.29, 0.717) is 25.2 Å². The van der Waals surface area contributed by atoms with Crippen molar-refractivity contribution in [2.45, 2.75) is 51.4 Å². The molecule has 1 saturated heterocycles. The molecule has 0 saturated carbocycles. The van der Waals surface area contributed by atoms with Crippen molar-refractivity contribution in [1.82, 2.24) is 30.1 Å². The molecule has 5 rings (SSSR count). The zero-order valence-corrected chi connectivity index (χ0v) is 20.0. The molecule has 2 atom stereocenters. The van der Waals surface area contributed by atoms with E-state index >= 15 is 0 Å². The lowest BCUT2D eigenvalue weighted by Crippen LogP contribution is -2.37. The lowest BCUT2D eigenvalue weighted by molar-refractivity contribution is 0.0488. The van der Waals surface area contributed by atoms with E-state index < -0.39 is 0 Å². The second-order valence-corrected chi connectivity index (χ2v) is 8.84. The molecule has 3 aromatic heterocycles. The van der Waals surface area contributed by atoms with Gasteiger partial charge in [-0.15, -0.1) is 5.10 Å². The molecule has 1 N–H and O–H groups in total. The van der Waals surface area contributed by atoms with E-state index in [4.69, 9.17) is 13.9 Å². The first-order valence-corrected chi connectivity index (χ1v) is 12.0. The number of hydrogen-bond donors (Lipinski definition) is 1. The Morgan fingerprint density at radius 3 is 2.97 bits per heavy atom. The van der Waals surface area contributed by atoms with Crippen molar-refractivity contribution in [3.05, 3.63) is 70.2 Å². The van der Waals surface area contributed by atoms with Gasteiger partial charge in [0, 0.05) is 36.2 Å². The summed E-state index contributed by atoms with van der Waals surface area (Å²) in [6.45, 7) is 4.43. The fourth-order valence-electron chi connectivity index (χ4n) is 4.76. The van der Waals surface area contributed by atoms with Crippen molar-refractivity contribution in [2.75, 3.05) is 20.3 Å². The predicted molar refractivity (Wildman–Crippen MR) is 129 cm³/mol. The van der Waals surface area contributed by atoms with E-state index in [1.165, 1.54) is 0 Å². The Labute approximate surface area is 202 Å². The first-order chi connectivity index (χ1) is 17.1. The average molecular weight is 479 g/mol. The van der Waals surface area contributed by atoms with Gasteiger partial charge in [0.05, 0.1) is 25.5 Å². The summed E-state index contributed by atoms with van der Waals surface area (Å²) in [5.41, 5.74) is 1.34. The topological polar surface area (TPSA) is 111 Å². The highest BCUT2D eigenvalue weighted by molar-refractivity contribution is 5.80. The van der Waals surface area contributed by atoms with Gasteiger partial charge in [-0.2, -0.15) is 0 Å². The molecule has 1 fully saturated rings. The summed E-state index contributed by atoms with van der Waals surface area (Å²) >= 11 is 0. The zero-order valence-electron chi connectivity index (χ0n) is 20.0. The Morgan fingerprint density at radius 1 is 1.31 bits per heavy atom. The Bertz CT molecular complexity index is 1310. The van der Waals surface area contributed by atoms with Crippen LogP contribution in [0.5, 0.6) is 5.75 Å². The normalized spacial score (nSPS) is 16.8. The number of rotatable bonds is 10. The van der Waals surface area contributed by atoms with Gasteiger partial charge >= 0.3 is 0 Å². The van der Waals surface area contributed by atoms with E-state index in [-0.39, 0.29) is 17.7 Å². The number of H-pyrrole nitrogens is 1. The molecule has 4 aromatic rings. The van der Waals surface area contributed by atoms with Gasteiger partial charge in [-0.05, 0) is 66.1 Å². The lowest BCUT2D eigenvalue weighted by atomic mass is 10.1. The van der Waals surface area contributed by atoms with Crippen LogP contribution in [0.3, 0.4) is 0 Å². The number of furan rings is 1. The van der Waals surface area contributed by atoms with Crippen LogP contribution in [0.1, 0.15) is 49.4 Å². The van der Waals surface area contributed by atoms with E-state index in [1.54, 1.807) is 18.1 Å². The van der Waals surface area contributed by atoms with E-state index in [9.17, 15) is 4.79 Å². The summed E-state index contributed by atoms with van der Waals surface area (Å²) in [4.78, 5) is 18.3. The van der Waals surface area contributed by atoms with Crippen molar-refractivity contribution in [3.63, 3.8) is 0 Å².